The molecule has 1 aliphatic heterocycles. The van der Waals surface area contributed by atoms with Gasteiger partial charge in [-0.15, -0.1) is 0 Å². The number of nitrogens with two attached hydrogens (primary N) is 2. The van der Waals surface area contributed by atoms with Crippen LogP contribution in [-0.2, 0) is 39.7 Å². The first-order valence-electron chi connectivity index (χ1n) is 26.9. The summed E-state index contributed by atoms with van der Waals surface area (Å²) in [5.74, 6) is -1.84. The molecule has 6 N–H and O–H groups in total. The molecule has 2 aromatic carbocycles. The van der Waals surface area contributed by atoms with E-state index in [9.17, 15) is 28.8 Å². The summed E-state index contributed by atoms with van der Waals surface area (Å²) in [7, 11) is -0.499. The molecule has 4 fully saturated rings. The van der Waals surface area contributed by atoms with Gasteiger partial charge < -0.3 is 31.4 Å². The average Bonchev–Trinajstić information content (AvgIpc) is 3.70. The molecule has 1 saturated heterocycles. The summed E-state index contributed by atoms with van der Waals surface area (Å²) in [4.78, 5) is 82.2. The Morgan fingerprint density at radius 2 is 1.33 bits per heavy atom. The van der Waals surface area contributed by atoms with Crippen LogP contribution in [-0.4, -0.2) is 78.9 Å². The molecule has 13 heteroatoms. The van der Waals surface area contributed by atoms with Crippen molar-refractivity contribution in [1.29, 1.82) is 0 Å². The van der Waals surface area contributed by atoms with Gasteiger partial charge in [0.05, 0.1) is 23.8 Å². The topological polar surface area (TPSA) is 197 Å². The zero-order chi connectivity index (χ0) is 51.2. The fourth-order valence-electron chi connectivity index (χ4n) is 11.3. The van der Waals surface area contributed by atoms with Crippen LogP contribution >= 0.6 is 0 Å². The highest BCUT2D eigenvalue weighted by atomic mass is 16.7. The molecule has 2 bridgehead atoms. The Labute approximate surface area is 420 Å². The Morgan fingerprint density at radius 3 is 1.94 bits per heavy atom. The fraction of sp³-hybridized carbons (Fsp3) is 0.684. The molecule has 4 aliphatic rings. The van der Waals surface area contributed by atoms with Gasteiger partial charge >= 0.3 is 7.12 Å². The number of benzene rings is 2. The number of carbonyl (C=O) groups excluding carboxylic acids is 6. The third-order valence-electron chi connectivity index (χ3n) is 16.0. The Hall–Kier alpha value is -4.04. The van der Waals surface area contributed by atoms with Gasteiger partial charge in [0.1, 0.15) is 5.78 Å². The quantitative estimate of drug-likeness (QED) is 0.0311. The lowest BCUT2D eigenvalue weighted by atomic mass is 9.43. The zero-order valence-electron chi connectivity index (χ0n) is 44.0. The van der Waals surface area contributed by atoms with Gasteiger partial charge in [-0.1, -0.05) is 110 Å². The lowest BCUT2D eigenvalue weighted by molar-refractivity contribution is -0.199. The second-order valence-electron chi connectivity index (χ2n) is 22.5. The van der Waals surface area contributed by atoms with E-state index in [0.717, 1.165) is 43.2 Å². The summed E-state index contributed by atoms with van der Waals surface area (Å²) in [5, 5.41) is 5.95. The number of ketones is 4. The zero-order valence-corrected chi connectivity index (χ0v) is 44.0. The fourth-order valence-corrected chi connectivity index (χ4v) is 11.3. The third kappa shape index (κ3) is 15.2. The van der Waals surface area contributed by atoms with E-state index >= 15 is 0 Å². The lowest BCUT2D eigenvalue weighted by Crippen LogP contribution is -2.65. The maximum absolute atomic E-state index is 14.0. The standard InChI is InChI=1S/C57H87BN4O8/c1-9-10-16-40-21-23-41(24-22-40)42-25-27-43(28-26-42)49(64)20-15-18-46(63)34-44(17-11-13-29-59)55(68)61-47(19-12-14-30-60)50(65)32-38(4)54(67)62-48(31-37(2)3)51(66)33-39(5)58-69-53-36-45-35-52(56(45,6)7)57(53,8)70-58/h21-28,37-39,44-45,47-48,52-53H,9-20,29-36,59-60H2,1-8H3,(H,61,68)(H,62,67)/t38-,39-,44-,45+,47+,48+,52+,53?,57+/m1/s1. The van der Waals surface area contributed by atoms with Crippen LogP contribution in [0, 0.1) is 35.0 Å². The van der Waals surface area contributed by atoms with Crippen LogP contribution in [0.3, 0.4) is 0 Å². The molecule has 1 heterocycles. The molecule has 3 saturated carbocycles. The molecule has 0 radical (unpaired) electrons. The smallest absolute Gasteiger partial charge is 0.405 e. The molecule has 386 valence electrons. The van der Waals surface area contributed by atoms with Crippen molar-refractivity contribution in [1.82, 2.24) is 10.6 Å². The Bertz CT molecular complexity index is 2060. The molecule has 0 spiro atoms. The molecule has 2 aromatic rings. The molecule has 70 heavy (non-hydrogen) atoms. The number of amides is 2. The predicted octanol–water partition coefficient (Wildman–Crippen LogP) is 9.57. The highest BCUT2D eigenvalue weighted by molar-refractivity contribution is 6.47. The Morgan fingerprint density at radius 1 is 0.714 bits per heavy atom. The van der Waals surface area contributed by atoms with Crippen LogP contribution in [0.5, 0.6) is 0 Å². The van der Waals surface area contributed by atoms with E-state index < -0.39 is 36.9 Å². The summed E-state index contributed by atoms with van der Waals surface area (Å²) in [5.41, 5.74) is 15.5. The number of hydrogen-bond donors (Lipinski definition) is 4. The highest BCUT2D eigenvalue weighted by Gasteiger charge is 2.68. The molecule has 0 aromatic heterocycles. The van der Waals surface area contributed by atoms with Crippen LogP contribution in [0.2, 0.25) is 5.82 Å². The second kappa shape index (κ2) is 26.6. The largest absolute Gasteiger partial charge is 0.461 e. The van der Waals surface area contributed by atoms with E-state index in [4.69, 9.17) is 20.8 Å². The molecule has 9 atom stereocenters. The number of unbranched alkanes of at least 4 members (excludes halogenated alkanes) is 3. The molecule has 1 unspecified atom stereocenters. The third-order valence-corrected chi connectivity index (χ3v) is 16.0. The average molecular weight is 967 g/mol. The van der Waals surface area contributed by atoms with Gasteiger partial charge in [-0.05, 0) is 136 Å². The number of aryl methyl sites for hydroxylation is 1. The molecular formula is C57H87BN4O8. The Balaban J connectivity index is 1.13. The molecule has 3 aliphatic carbocycles. The van der Waals surface area contributed by atoms with E-state index in [1.54, 1.807) is 6.92 Å². The summed E-state index contributed by atoms with van der Waals surface area (Å²) < 4.78 is 13.1. The van der Waals surface area contributed by atoms with E-state index in [1.165, 1.54) is 5.56 Å². The van der Waals surface area contributed by atoms with Gasteiger partial charge in [0.15, 0.2) is 17.3 Å². The molecular weight excluding hydrogens is 879 g/mol. The van der Waals surface area contributed by atoms with Gasteiger partial charge in [0.2, 0.25) is 11.8 Å². The molecule has 12 nitrogen and oxygen atoms in total. The minimum atomic E-state index is -0.877. The Kier molecular flexibility index (Phi) is 21.6. The number of Topliss-reactive ketones (excluding diaryl/α,β-unsaturated/α-hetero) is 4. The first-order valence-corrected chi connectivity index (χ1v) is 26.9. The summed E-state index contributed by atoms with van der Waals surface area (Å²) in [6.45, 7) is 17.5. The van der Waals surface area contributed by atoms with E-state index in [2.05, 4.69) is 62.6 Å². The van der Waals surface area contributed by atoms with E-state index in [0.29, 0.717) is 81.9 Å². The summed E-state index contributed by atoms with van der Waals surface area (Å²) in [6.07, 6.45) is 10.0. The number of carbonyl (C=O) groups is 6. The summed E-state index contributed by atoms with van der Waals surface area (Å²) >= 11 is 0. The van der Waals surface area contributed by atoms with Gasteiger partial charge in [-0.2, -0.15) is 0 Å². The maximum atomic E-state index is 14.0. The molecule has 2 amide bonds. The number of nitrogens with one attached hydrogen (secondary N) is 2. The van der Waals surface area contributed by atoms with Crippen molar-refractivity contribution in [3.8, 4) is 11.1 Å². The first kappa shape index (κ1) is 56.9. The lowest BCUT2D eigenvalue weighted by Gasteiger charge is -2.64. The maximum Gasteiger partial charge on any atom is 0.461 e. The number of hydrogen-bond acceptors (Lipinski definition) is 10. The van der Waals surface area contributed by atoms with Crippen molar-refractivity contribution >= 4 is 42.1 Å². The van der Waals surface area contributed by atoms with Crippen molar-refractivity contribution in [3.05, 3.63) is 59.7 Å². The van der Waals surface area contributed by atoms with Gasteiger partial charge in [0.25, 0.3) is 0 Å². The van der Waals surface area contributed by atoms with Crippen LogP contribution in [0.4, 0.5) is 0 Å². The van der Waals surface area contributed by atoms with Crippen molar-refractivity contribution < 1.29 is 38.1 Å². The van der Waals surface area contributed by atoms with Crippen molar-refractivity contribution in [2.45, 2.75) is 201 Å². The summed E-state index contributed by atoms with van der Waals surface area (Å²) in [6, 6.07) is 14.5. The van der Waals surface area contributed by atoms with Crippen LogP contribution in [0.15, 0.2) is 48.5 Å². The minimum absolute atomic E-state index is 0.0122. The van der Waals surface area contributed by atoms with Crippen LogP contribution < -0.4 is 22.1 Å². The second-order valence-corrected chi connectivity index (χ2v) is 22.5. The van der Waals surface area contributed by atoms with Crippen molar-refractivity contribution in [3.63, 3.8) is 0 Å². The number of rotatable bonds is 32. The van der Waals surface area contributed by atoms with Crippen LogP contribution in [0.25, 0.3) is 11.1 Å². The minimum Gasteiger partial charge on any atom is -0.405 e. The van der Waals surface area contributed by atoms with E-state index in [-0.39, 0.29) is 90.0 Å². The first-order chi connectivity index (χ1) is 33.3. The normalized spacial score (nSPS) is 22.3. The molecule has 6 rings (SSSR count). The monoisotopic (exact) mass is 967 g/mol. The SMILES string of the molecule is CCCCc1ccc(-c2ccc(C(=O)CCCC(=O)C[C@@H](CCCCN)C(=O)N[C@@H](CCCCN)C(=O)C[C@@H](C)C(=O)N[C@@H](CC(C)C)C(=O)C[C@@H](C)B3OC4C[C@@H]5C[C@@H](C5(C)C)[C@]4(C)O3)cc2)cc1. The highest BCUT2D eigenvalue weighted by Crippen LogP contribution is 2.66. The van der Waals surface area contributed by atoms with Gasteiger partial charge in [-0.3, -0.25) is 28.8 Å². The van der Waals surface area contributed by atoms with Crippen molar-refractivity contribution in [2.24, 2.45) is 46.5 Å². The van der Waals surface area contributed by atoms with Crippen molar-refractivity contribution in [2.75, 3.05) is 13.1 Å². The predicted molar refractivity (Wildman–Crippen MR) is 279 cm³/mol. The van der Waals surface area contributed by atoms with Gasteiger partial charge in [-0.25, -0.2) is 0 Å². The van der Waals surface area contributed by atoms with Crippen LogP contribution in [0.1, 0.15) is 180 Å². The van der Waals surface area contributed by atoms with E-state index in [1.807, 2.05) is 45.0 Å². The van der Waals surface area contributed by atoms with Gasteiger partial charge in [0, 0.05) is 49.5 Å².